The molecule has 0 saturated carbocycles. The Bertz CT molecular complexity index is 308. The molecule has 0 saturated heterocycles. The highest BCUT2D eigenvalue weighted by atomic mass is 16.1. The van der Waals surface area contributed by atoms with Crippen LogP contribution in [0.2, 0.25) is 0 Å². The molecule has 0 N–H and O–H groups in total. The highest BCUT2D eigenvalue weighted by Gasteiger charge is 2.12. The molecule has 0 aromatic rings. The van der Waals surface area contributed by atoms with E-state index in [4.69, 9.17) is 0 Å². The van der Waals surface area contributed by atoms with E-state index in [-0.39, 0.29) is 5.78 Å². The Kier molecular flexibility index (Phi) is 0.917. The Balaban J connectivity index is 2.51. The summed E-state index contributed by atoms with van der Waals surface area (Å²) in [6.07, 6.45) is 6.20. The molecule has 2 aliphatic rings. The van der Waals surface area contributed by atoms with Crippen molar-refractivity contribution in [2.75, 3.05) is 0 Å². The average molecular weight is 132 g/mol. The van der Waals surface area contributed by atoms with Crippen molar-refractivity contribution in [3.63, 3.8) is 0 Å². The first-order valence-corrected chi connectivity index (χ1v) is 2.91. The number of hydrogen-bond donors (Lipinski definition) is 0. The Morgan fingerprint density at radius 1 is 1.40 bits per heavy atom. The van der Waals surface area contributed by atoms with Gasteiger partial charge in [0.1, 0.15) is 0 Å². The van der Waals surface area contributed by atoms with Gasteiger partial charge < -0.3 is 0 Å². The van der Waals surface area contributed by atoms with Crippen LogP contribution in [0.15, 0.2) is 33.9 Å². The topological polar surface area (TPSA) is 41.8 Å². The number of amidine groups is 1. The summed E-state index contributed by atoms with van der Waals surface area (Å²) in [6, 6.07) is 0. The maximum atomic E-state index is 10.7. The van der Waals surface area contributed by atoms with Crippen molar-refractivity contribution < 1.29 is 4.79 Å². The molecule has 48 valence electrons. The van der Waals surface area contributed by atoms with E-state index in [1.165, 1.54) is 12.3 Å². The molecule has 2 heterocycles. The molecule has 0 atom stereocenters. The van der Waals surface area contributed by atoms with Crippen LogP contribution in [0.25, 0.3) is 0 Å². The smallest absolute Gasteiger partial charge is 0.197 e. The number of rotatable bonds is 0. The molecule has 2 rings (SSSR count). The summed E-state index contributed by atoms with van der Waals surface area (Å²) in [4.78, 5) is 18.4. The van der Waals surface area contributed by atoms with Crippen LogP contribution in [0.3, 0.4) is 0 Å². The molecular weight excluding hydrogens is 128 g/mol. The lowest BCUT2D eigenvalue weighted by molar-refractivity contribution is -0.108. The van der Waals surface area contributed by atoms with Crippen LogP contribution in [0, 0.1) is 0 Å². The quantitative estimate of drug-likeness (QED) is 0.473. The summed E-state index contributed by atoms with van der Waals surface area (Å²) in [6.45, 7) is 0. The molecule has 0 spiro atoms. The monoisotopic (exact) mass is 132 g/mol. The van der Waals surface area contributed by atoms with Gasteiger partial charge >= 0.3 is 0 Å². The first kappa shape index (κ1) is 5.29. The van der Waals surface area contributed by atoms with Gasteiger partial charge in [-0.25, -0.2) is 9.98 Å². The fraction of sp³-hybridized carbons (Fsp3) is 0. The van der Waals surface area contributed by atoms with Crippen molar-refractivity contribution in [3.8, 4) is 0 Å². The maximum Gasteiger partial charge on any atom is 0.197 e. The van der Waals surface area contributed by atoms with Crippen molar-refractivity contribution in [1.29, 1.82) is 0 Å². The summed E-state index contributed by atoms with van der Waals surface area (Å²) >= 11 is 0. The molecule has 0 unspecified atom stereocenters. The highest BCUT2D eigenvalue weighted by Crippen LogP contribution is 2.11. The van der Waals surface area contributed by atoms with Crippen molar-refractivity contribution in [3.05, 3.63) is 23.9 Å². The van der Waals surface area contributed by atoms with Gasteiger partial charge in [-0.1, -0.05) is 0 Å². The summed E-state index contributed by atoms with van der Waals surface area (Å²) < 4.78 is 0. The Hall–Kier alpha value is -1.51. The van der Waals surface area contributed by atoms with Gasteiger partial charge in [0, 0.05) is 11.8 Å². The SMILES string of the molecule is O=C1C=NC2=NC=CC2=C1. The Labute approximate surface area is 57.5 Å². The van der Waals surface area contributed by atoms with E-state index < -0.39 is 0 Å². The number of nitrogens with zero attached hydrogens (tertiary/aromatic N) is 2. The van der Waals surface area contributed by atoms with E-state index >= 15 is 0 Å². The van der Waals surface area contributed by atoms with Crippen LogP contribution in [-0.4, -0.2) is 17.8 Å². The van der Waals surface area contributed by atoms with Crippen LogP contribution in [0.5, 0.6) is 0 Å². The van der Waals surface area contributed by atoms with Crippen molar-refractivity contribution in [1.82, 2.24) is 0 Å². The minimum absolute atomic E-state index is 0.0690. The summed E-state index contributed by atoms with van der Waals surface area (Å²) in [5.41, 5.74) is 0.813. The van der Waals surface area contributed by atoms with E-state index in [0.29, 0.717) is 5.84 Å². The van der Waals surface area contributed by atoms with Gasteiger partial charge in [0.25, 0.3) is 0 Å². The third-order valence-corrected chi connectivity index (χ3v) is 1.32. The van der Waals surface area contributed by atoms with Crippen molar-refractivity contribution >= 4 is 17.8 Å². The number of hydrogen-bond acceptors (Lipinski definition) is 3. The first-order valence-electron chi connectivity index (χ1n) is 2.91. The largest absolute Gasteiger partial charge is 0.288 e. The predicted octanol–water partition coefficient (Wildman–Crippen LogP) is 0.492. The number of ketones is 1. The number of aliphatic imine (C=N–C) groups is 2. The number of carbonyl (C=O) groups excluding carboxylic acids is 1. The van der Waals surface area contributed by atoms with Gasteiger partial charge in [-0.3, -0.25) is 4.79 Å². The fourth-order valence-electron chi connectivity index (χ4n) is 0.873. The average Bonchev–Trinajstić information content (AvgIpc) is 2.33. The van der Waals surface area contributed by atoms with Gasteiger partial charge in [0.05, 0.1) is 6.21 Å². The Morgan fingerprint density at radius 3 is 3.20 bits per heavy atom. The summed E-state index contributed by atoms with van der Waals surface area (Å²) in [5, 5.41) is 0. The van der Waals surface area contributed by atoms with Crippen LogP contribution < -0.4 is 0 Å². The van der Waals surface area contributed by atoms with Crippen LogP contribution in [-0.2, 0) is 4.79 Å². The lowest BCUT2D eigenvalue weighted by atomic mass is 10.2. The van der Waals surface area contributed by atoms with E-state index in [1.807, 2.05) is 0 Å². The van der Waals surface area contributed by atoms with E-state index in [0.717, 1.165) is 5.57 Å². The van der Waals surface area contributed by atoms with E-state index in [1.54, 1.807) is 12.3 Å². The maximum absolute atomic E-state index is 10.7. The molecular formula is C7H4N2O. The fourth-order valence-corrected chi connectivity index (χ4v) is 0.873. The van der Waals surface area contributed by atoms with E-state index in [9.17, 15) is 4.79 Å². The molecule has 10 heavy (non-hydrogen) atoms. The normalized spacial score (nSPS) is 20.6. The molecule has 0 aromatic heterocycles. The lowest BCUT2D eigenvalue weighted by Crippen LogP contribution is -2.07. The molecule has 0 aromatic carbocycles. The van der Waals surface area contributed by atoms with Gasteiger partial charge in [-0.05, 0) is 12.2 Å². The zero-order valence-electron chi connectivity index (χ0n) is 5.11. The number of dihydropyridines is 1. The number of carbonyl (C=O) groups is 1. The lowest BCUT2D eigenvalue weighted by Gasteiger charge is -1.98. The molecule has 0 aliphatic carbocycles. The zero-order valence-corrected chi connectivity index (χ0v) is 5.11. The van der Waals surface area contributed by atoms with Crippen LogP contribution in [0.1, 0.15) is 0 Å². The second-order valence-corrected chi connectivity index (χ2v) is 2.03. The first-order chi connectivity index (χ1) is 4.86. The molecule has 0 bridgehead atoms. The Morgan fingerprint density at radius 2 is 2.30 bits per heavy atom. The molecule has 3 nitrogen and oxygen atoms in total. The molecule has 3 heteroatoms. The number of allylic oxidation sites excluding steroid dienone is 1. The summed E-state index contributed by atoms with van der Waals surface area (Å²) in [7, 11) is 0. The molecule has 2 aliphatic heterocycles. The third kappa shape index (κ3) is 0.639. The molecule has 0 amide bonds. The minimum atomic E-state index is -0.0690. The van der Waals surface area contributed by atoms with Gasteiger partial charge in [0.2, 0.25) is 0 Å². The second kappa shape index (κ2) is 1.73. The standard InChI is InChI=1S/C7H4N2O/c10-6-3-5-1-2-8-7(5)9-4-6/h1-4H. The highest BCUT2D eigenvalue weighted by molar-refractivity contribution is 6.39. The molecule has 0 radical (unpaired) electrons. The van der Waals surface area contributed by atoms with Gasteiger partial charge in [0.15, 0.2) is 11.6 Å². The van der Waals surface area contributed by atoms with Gasteiger partial charge in [-0.15, -0.1) is 0 Å². The van der Waals surface area contributed by atoms with Crippen molar-refractivity contribution in [2.24, 2.45) is 9.98 Å². The number of fused-ring (bicyclic) bond motifs is 1. The van der Waals surface area contributed by atoms with E-state index in [2.05, 4.69) is 9.98 Å². The van der Waals surface area contributed by atoms with Crippen LogP contribution >= 0.6 is 0 Å². The summed E-state index contributed by atoms with van der Waals surface area (Å²) in [5.74, 6) is 0.570. The predicted molar refractivity (Wildman–Crippen MR) is 38.2 cm³/mol. The van der Waals surface area contributed by atoms with Crippen LogP contribution in [0.4, 0.5) is 0 Å². The second-order valence-electron chi connectivity index (χ2n) is 2.03. The van der Waals surface area contributed by atoms with Gasteiger partial charge in [-0.2, -0.15) is 0 Å². The van der Waals surface area contributed by atoms with Crippen molar-refractivity contribution in [2.45, 2.75) is 0 Å². The molecule has 0 fully saturated rings. The third-order valence-electron chi connectivity index (χ3n) is 1.32. The zero-order chi connectivity index (χ0) is 6.97. The minimum Gasteiger partial charge on any atom is -0.288 e.